The molecule has 0 fully saturated rings. The predicted octanol–water partition coefficient (Wildman–Crippen LogP) is 2.95. The van der Waals surface area contributed by atoms with Crippen LogP contribution in [0.1, 0.15) is 12.5 Å². The summed E-state index contributed by atoms with van der Waals surface area (Å²) in [5.74, 6) is -0.551. The summed E-state index contributed by atoms with van der Waals surface area (Å²) in [6, 6.07) is 5.10. The van der Waals surface area contributed by atoms with Crippen LogP contribution in [0, 0.1) is 5.41 Å². The number of nitrogens with one attached hydrogen (secondary N) is 1. The minimum absolute atomic E-state index is 0.185. The molecule has 0 saturated heterocycles. The van der Waals surface area contributed by atoms with Crippen molar-refractivity contribution in [3.63, 3.8) is 0 Å². The fourth-order valence-corrected chi connectivity index (χ4v) is 1.06. The van der Waals surface area contributed by atoms with Crippen molar-refractivity contribution in [2.45, 2.75) is 13.3 Å². The van der Waals surface area contributed by atoms with Gasteiger partial charge < -0.3 is 9.47 Å². The number of hydrogen-bond acceptors (Lipinski definition) is 3. The summed E-state index contributed by atoms with van der Waals surface area (Å²) in [7, 11) is 0. The molecule has 1 aromatic carbocycles. The summed E-state index contributed by atoms with van der Waals surface area (Å²) in [5.41, 5.74) is 0.239. The molecule has 6 heteroatoms. The van der Waals surface area contributed by atoms with Gasteiger partial charge in [0.2, 0.25) is 5.90 Å². The van der Waals surface area contributed by atoms with E-state index in [4.69, 9.17) is 10.1 Å². The first-order valence-corrected chi connectivity index (χ1v) is 4.50. The zero-order valence-electron chi connectivity index (χ0n) is 8.47. The molecule has 0 heterocycles. The predicted molar refractivity (Wildman–Crippen MR) is 51.6 cm³/mol. The van der Waals surface area contributed by atoms with E-state index in [1.165, 1.54) is 12.1 Å². The zero-order valence-corrected chi connectivity index (χ0v) is 8.47. The fraction of sp³-hybridized carbons (Fsp3) is 0.300. The molecular weight excluding hydrogens is 223 g/mol. The Kier molecular flexibility index (Phi) is 3.76. The second kappa shape index (κ2) is 4.87. The molecule has 1 aromatic rings. The summed E-state index contributed by atoms with van der Waals surface area (Å²) >= 11 is 0. The van der Waals surface area contributed by atoms with Crippen LogP contribution in [0.25, 0.3) is 0 Å². The van der Waals surface area contributed by atoms with Gasteiger partial charge in [0.1, 0.15) is 5.75 Å². The van der Waals surface area contributed by atoms with Gasteiger partial charge in [0.15, 0.2) is 0 Å². The lowest BCUT2D eigenvalue weighted by Crippen LogP contribution is -2.17. The van der Waals surface area contributed by atoms with Crippen molar-refractivity contribution >= 4 is 5.90 Å². The van der Waals surface area contributed by atoms with Crippen molar-refractivity contribution in [2.75, 3.05) is 6.61 Å². The van der Waals surface area contributed by atoms with E-state index in [9.17, 15) is 13.2 Å². The van der Waals surface area contributed by atoms with Crippen molar-refractivity contribution in [3.05, 3.63) is 29.8 Å². The van der Waals surface area contributed by atoms with Crippen molar-refractivity contribution in [3.8, 4) is 5.75 Å². The molecule has 1 N–H and O–H groups in total. The molecule has 0 aliphatic rings. The maximum absolute atomic E-state index is 11.9. The number of alkyl halides is 3. The quantitative estimate of drug-likeness (QED) is 0.644. The number of halogens is 3. The Morgan fingerprint density at radius 3 is 2.62 bits per heavy atom. The highest BCUT2D eigenvalue weighted by molar-refractivity contribution is 5.91. The van der Waals surface area contributed by atoms with Crippen molar-refractivity contribution in [1.82, 2.24) is 0 Å². The maximum Gasteiger partial charge on any atom is 0.573 e. The molecule has 0 radical (unpaired) electrons. The zero-order chi connectivity index (χ0) is 12.2. The van der Waals surface area contributed by atoms with Crippen LogP contribution in [0.15, 0.2) is 24.3 Å². The first kappa shape index (κ1) is 12.4. The van der Waals surface area contributed by atoms with Gasteiger partial charge in [-0.15, -0.1) is 13.2 Å². The molecule has 3 nitrogen and oxygen atoms in total. The van der Waals surface area contributed by atoms with E-state index in [1.807, 2.05) is 0 Å². The van der Waals surface area contributed by atoms with Gasteiger partial charge in [-0.3, -0.25) is 5.41 Å². The molecule has 16 heavy (non-hydrogen) atoms. The second-order valence-electron chi connectivity index (χ2n) is 2.84. The largest absolute Gasteiger partial charge is 0.573 e. The van der Waals surface area contributed by atoms with Crippen LogP contribution in [-0.4, -0.2) is 18.9 Å². The van der Waals surface area contributed by atoms with Crippen LogP contribution in [0.2, 0.25) is 0 Å². The Labute approximate surface area is 90.3 Å². The third kappa shape index (κ3) is 3.80. The highest BCUT2D eigenvalue weighted by atomic mass is 19.4. The van der Waals surface area contributed by atoms with E-state index in [1.54, 1.807) is 6.92 Å². The van der Waals surface area contributed by atoms with Crippen molar-refractivity contribution < 1.29 is 22.6 Å². The van der Waals surface area contributed by atoms with E-state index in [-0.39, 0.29) is 23.8 Å². The molecule has 0 spiro atoms. The van der Waals surface area contributed by atoms with Gasteiger partial charge in [-0.05, 0) is 25.1 Å². The Balaban J connectivity index is 2.83. The topological polar surface area (TPSA) is 42.3 Å². The smallest absolute Gasteiger partial charge is 0.478 e. The minimum Gasteiger partial charge on any atom is -0.478 e. The average Bonchev–Trinajstić information content (AvgIpc) is 2.16. The molecule has 0 unspecified atom stereocenters. The van der Waals surface area contributed by atoms with Crippen LogP contribution in [0.5, 0.6) is 5.75 Å². The standard InChI is InChI=1S/C10H10F3NO2/c1-2-15-9(14)7-4-3-5-8(6-7)16-10(11,12)13/h3-6,14H,2H2,1H3. The van der Waals surface area contributed by atoms with Gasteiger partial charge in [-0.25, -0.2) is 0 Å². The molecule has 0 atom stereocenters. The highest BCUT2D eigenvalue weighted by Gasteiger charge is 2.31. The van der Waals surface area contributed by atoms with Crippen LogP contribution < -0.4 is 4.74 Å². The Bertz CT molecular complexity index is 377. The van der Waals surface area contributed by atoms with Crippen LogP contribution in [0.3, 0.4) is 0 Å². The van der Waals surface area contributed by atoms with Gasteiger partial charge in [0.25, 0.3) is 0 Å². The van der Waals surface area contributed by atoms with Gasteiger partial charge in [0, 0.05) is 5.56 Å². The lowest BCUT2D eigenvalue weighted by Gasteiger charge is -2.10. The number of benzene rings is 1. The SMILES string of the molecule is CCOC(=N)c1cccc(OC(F)(F)F)c1. The Hall–Kier alpha value is -1.72. The molecular formula is C10H10F3NO2. The fourth-order valence-electron chi connectivity index (χ4n) is 1.06. The molecule has 0 aromatic heterocycles. The number of hydrogen-bond donors (Lipinski definition) is 1. The van der Waals surface area contributed by atoms with E-state index in [2.05, 4.69) is 4.74 Å². The minimum atomic E-state index is -4.73. The summed E-state index contributed by atoms with van der Waals surface area (Å²) < 4.78 is 44.3. The number of ether oxygens (including phenoxy) is 2. The van der Waals surface area contributed by atoms with E-state index in [0.717, 1.165) is 12.1 Å². The molecule has 88 valence electrons. The first-order chi connectivity index (χ1) is 7.42. The van der Waals surface area contributed by atoms with Crippen LogP contribution in [0.4, 0.5) is 13.2 Å². The summed E-state index contributed by atoms with van der Waals surface area (Å²) in [6.07, 6.45) is -4.73. The van der Waals surface area contributed by atoms with Crippen LogP contribution >= 0.6 is 0 Å². The monoisotopic (exact) mass is 233 g/mol. The number of rotatable bonds is 3. The van der Waals surface area contributed by atoms with Gasteiger partial charge in [0.05, 0.1) is 6.61 Å². The summed E-state index contributed by atoms with van der Waals surface area (Å²) in [5, 5.41) is 7.40. The van der Waals surface area contributed by atoms with Gasteiger partial charge in [-0.2, -0.15) is 0 Å². The molecule has 0 saturated carbocycles. The molecule has 0 amide bonds. The van der Waals surface area contributed by atoms with Crippen molar-refractivity contribution in [2.24, 2.45) is 0 Å². The molecule has 1 rings (SSSR count). The summed E-state index contributed by atoms with van der Waals surface area (Å²) in [6.45, 7) is 1.97. The normalized spacial score (nSPS) is 11.0. The lowest BCUT2D eigenvalue weighted by molar-refractivity contribution is -0.274. The van der Waals surface area contributed by atoms with E-state index < -0.39 is 6.36 Å². The van der Waals surface area contributed by atoms with Gasteiger partial charge >= 0.3 is 6.36 Å². The molecule has 0 bridgehead atoms. The van der Waals surface area contributed by atoms with E-state index >= 15 is 0 Å². The lowest BCUT2D eigenvalue weighted by atomic mass is 10.2. The first-order valence-electron chi connectivity index (χ1n) is 4.50. The third-order valence-corrected chi connectivity index (χ3v) is 1.62. The second-order valence-corrected chi connectivity index (χ2v) is 2.84. The highest BCUT2D eigenvalue weighted by Crippen LogP contribution is 2.23. The maximum atomic E-state index is 11.9. The van der Waals surface area contributed by atoms with Crippen molar-refractivity contribution in [1.29, 1.82) is 5.41 Å². The van der Waals surface area contributed by atoms with Gasteiger partial charge in [-0.1, -0.05) is 6.07 Å². The third-order valence-electron chi connectivity index (χ3n) is 1.62. The summed E-state index contributed by atoms with van der Waals surface area (Å²) in [4.78, 5) is 0. The van der Waals surface area contributed by atoms with Crippen LogP contribution in [-0.2, 0) is 4.74 Å². The van der Waals surface area contributed by atoms with E-state index in [0.29, 0.717) is 0 Å². The average molecular weight is 233 g/mol. The molecule has 0 aliphatic carbocycles. The Morgan fingerprint density at radius 2 is 2.06 bits per heavy atom. The molecule has 0 aliphatic heterocycles. The Morgan fingerprint density at radius 1 is 1.38 bits per heavy atom.